The summed E-state index contributed by atoms with van der Waals surface area (Å²) >= 11 is 1.71. The van der Waals surface area contributed by atoms with Crippen LogP contribution >= 0.6 is 11.8 Å². The highest BCUT2D eigenvalue weighted by Crippen LogP contribution is 2.25. The highest BCUT2D eigenvalue weighted by molar-refractivity contribution is 8.00. The van der Waals surface area contributed by atoms with Crippen LogP contribution in [0.3, 0.4) is 0 Å². The molecule has 0 saturated carbocycles. The van der Waals surface area contributed by atoms with E-state index in [1.165, 1.54) is 0 Å². The van der Waals surface area contributed by atoms with Crippen molar-refractivity contribution in [2.45, 2.75) is 52.3 Å². The van der Waals surface area contributed by atoms with Gasteiger partial charge in [-0.3, -0.25) is 14.4 Å². The largest absolute Gasteiger partial charge is 0.383 e. The third-order valence-corrected chi connectivity index (χ3v) is 5.96. The Bertz CT molecular complexity index is 816. The first-order chi connectivity index (χ1) is 14.5. The van der Waals surface area contributed by atoms with Crippen molar-refractivity contribution in [3.63, 3.8) is 0 Å². The quantitative estimate of drug-likeness (QED) is 0.615. The van der Waals surface area contributed by atoms with Crippen molar-refractivity contribution in [3.8, 4) is 6.07 Å². The van der Waals surface area contributed by atoms with Crippen LogP contribution in [-0.4, -0.2) is 52.8 Å². The Morgan fingerprint density at radius 1 is 1.32 bits per heavy atom. The number of nitriles is 1. The molecular formula is C22H33N5O3S. The fourth-order valence-electron chi connectivity index (χ4n) is 2.75. The number of nitrogens with one attached hydrogen (secondary N) is 2. The topological polar surface area (TPSA) is 128 Å². The van der Waals surface area contributed by atoms with Crippen molar-refractivity contribution in [1.29, 1.82) is 5.26 Å². The maximum absolute atomic E-state index is 12.5. The molecule has 1 fully saturated rings. The average molecular weight is 448 g/mol. The monoisotopic (exact) mass is 447 g/mol. The second-order valence-electron chi connectivity index (χ2n) is 8.26. The number of amides is 3. The predicted molar refractivity (Wildman–Crippen MR) is 126 cm³/mol. The minimum atomic E-state index is -0.572. The Kier molecular flexibility index (Phi) is 10.4. The van der Waals surface area contributed by atoms with Crippen LogP contribution in [-0.2, 0) is 14.4 Å². The molecule has 2 rings (SSSR count). The fourth-order valence-corrected chi connectivity index (χ4v) is 3.92. The summed E-state index contributed by atoms with van der Waals surface area (Å²) in [5, 5.41) is 13.9. The van der Waals surface area contributed by atoms with Crippen LogP contribution in [0.1, 0.15) is 41.0 Å². The zero-order valence-electron chi connectivity index (χ0n) is 18.9. The minimum absolute atomic E-state index is 0.0183. The highest BCUT2D eigenvalue weighted by Gasteiger charge is 2.32. The molecule has 170 valence electrons. The number of anilines is 2. The lowest BCUT2D eigenvalue weighted by atomic mass is 9.95. The van der Waals surface area contributed by atoms with Crippen molar-refractivity contribution in [1.82, 2.24) is 4.90 Å². The zero-order valence-corrected chi connectivity index (χ0v) is 19.7. The van der Waals surface area contributed by atoms with Crippen LogP contribution < -0.4 is 16.4 Å². The summed E-state index contributed by atoms with van der Waals surface area (Å²) in [6, 6.07) is 9.52. The first kappa shape index (κ1) is 26.3. The summed E-state index contributed by atoms with van der Waals surface area (Å²) in [6.07, 6.45) is -0.181. The molecule has 0 radical (unpaired) electrons. The van der Waals surface area contributed by atoms with Gasteiger partial charge in [0.05, 0.1) is 6.07 Å². The molecule has 0 aliphatic carbocycles. The maximum Gasteiger partial charge on any atom is 0.237 e. The van der Waals surface area contributed by atoms with Gasteiger partial charge in [0.25, 0.3) is 0 Å². The van der Waals surface area contributed by atoms with Crippen LogP contribution in [0.4, 0.5) is 11.4 Å². The summed E-state index contributed by atoms with van der Waals surface area (Å²) in [7, 11) is 0. The number of carbonyl (C=O) groups is 3. The number of rotatable bonds is 6. The normalized spacial score (nSPS) is 18.3. The smallest absolute Gasteiger partial charge is 0.237 e. The summed E-state index contributed by atoms with van der Waals surface area (Å²) in [5.41, 5.74) is 5.77. The first-order valence-corrected chi connectivity index (χ1v) is 11.3. The van der Waals surface area contributed by atoms with E-state index in [-0.39, 0.29) is 23.5 Å². The summed E-state index contributed by atoms with van der Waals surface area (Å²) in [5.74, 6) is 0.580. The van der Waals surface area contributed by atoms with Crippen LogP contribution in [0.25, 0.3) is 0 Å². The first-order valence-electron chi connectivity index (χ1n) is 10.2. The molecule has 2 atom stereocenters. The lowest BCUT2D eigenvalue weighted by molar-refractivity contribution is -0.132. The van der Waals surface area contributed by atoms with E-state index in [0.717, 1.165) is 23.7 Å². The molecule has 1 heterocycles. The molecule has 3 amide bonds. The van der Waals surface area contributed by atoms with E-state index in [1.807, 2.05) is 56.9 Å². The number of hydrogen-bond acceptors (Lipinski definition) is 6. The molecule has 0 bridgehead atoms. The molecule has 0 aromatic heterocycles. The van der Waals surface area contributed by atoms with Crippen LogP contribution in [0.15, 0.2) is 24.3 Å². The van der Waals surface area contributed by atoms with Crippen LogP contribution in [0.5, 0.6) is 0 Å². The molecule has 2 unspecified atom stereocenters. The van der Waals surface area contributed by atoms with E-state index in [4.69, 9.17) is 5.26 Å². The zero-order chi connectivity index (χ0) is 23.6. The summed E-state index contributed by atoms with van der Waals surface area (Å²) in [6.45, 7) is 11.1. The number of nitrogens with two attached hydrogens (primary N) is 1. The standard InChI is InChI=1S/C19H29N3O2S.C3H4N2O/c1-6-22-13(2)12-25-16(17(22)23)11-20-14-8-7-9-15(10-14)21-18(24)19(3,4)5;4-2-1-3(5)6/h7-10,13,16,20H,6,11-12H2,1-5H3,(H,21,24);1H2,(H2,5,6). The Labute approximate surface area is 188 Å². The van der Waals surface area contributed by atoms with Gasteiger partial charge in [-0.1, -0.05) is 26.8 Å². The van der Waals surface area contributed by atoms with Gasteiger partial charge in [-0.05, 0) is 32.0 Å². The molecule has 9 heteroatoms. The van der Waals surface area contributed by atoms with Gasteiger partial charge in [0, 0.05) is 41.7 Å². The van der Waals surface area contributed by atoms with Crippen molar-refractivity contribution in [2.75, 3.05) is 29.5 Å². The average Bonchev–Trinajstić information content (AvgIpc) is 2.68. The van der Waals surface area contributed by atoms with E-state index in [2.05, 4.69) is 23.3 Å². The number of primary amides is 1. The lowest BCUT2D eigenvalue weighted by Crippen LogP contribution is -2.50. The number of hydrogen-bond donors (Lipinski definition) is 3. The molecule has 31 heavy (non-hydrogen) atoms. The van der Waals surface area contributed by atoms with Gasteiger partial charge in [0.15, 0.2) is 0 Å². The van der Waals surface area contributed by atoms with Crippen molar-refractivity contribution < 1.29 is 14.4 Å². The highest BCUT2D eigenvalue weighted by atomic mass is 32.2. The number of nitrogens with zero attached hydrogens (tertiary/aromatic N) is 2. The minimum Gasteiger partial charge on any atom is -0.383 e. The van der Waals surface area contributed by atoms with E-state index in [9.17, 15) is 14.4 Å². The predicted octanol–water partition coefficient (Wildman–Crippen LogP) is 2.82. The molecule has 4 N–H and O–H groups in total. The van der Waals surface area contributed by atoms with Gasteiger partial charge >= 0.3 is 0 Å². The number of benzene rings is 1. The summed E-state index contributed by atoms with van der Waals surface area (Å²) < 4.78 is 0. The molecular weight excluding hydrogens is 414 g/mol. The molecule has 1 saturated heterocycles. The molecule has 1 aromatic rings. The maximum atomic E-state index is 12.5. The van der Waals surface area contributed by atoms with E-state index >= 15 is 0 Å². The summed E-state index contributed by atoms with van der Waals surface area (Å²) in [4.78, 5) is 36.2. The van der Waals surface area contributed by atoms with Crippen molar-refractivity contribution in [2.24, 2.45) is 11.1 Å². The molecule has 1 aliphatic rings. The Hall–Kier alpha value is -2.73. The van der Waals surface area contributed by atoms with Gasteiger partial charge in [-0.15, -0.1) is 11.8 Å². The number of carbonyl (C=O) groups excluding carboxylic acids is 3. The van der Waals surface area contributed by atoms with Gasteiger partial charge in [-0.25, -0.2) is 0 Å². The van der Waals surface area contributed by atoms with Gasteiger partial charge in [0.1, 0.15) is 11.7 Å². The molecule has 1 aliphatic heterocycles. The second-order valence-corrected chi connectivity index (χ2v) is 9.50. The van der Waals surface area contributed by atoms with E-state index in [0.29, 0.717) is 12.6 Å². The van der Waals surface area contributed by atoms with Crippen LogP contribution in [0, 0.1) is 16.7 Å². The Morgan fingerprint density at radius 3 is 2.48 bits per heavy atom. The molecule has 0 spiro atoms. The van der Waals surface area contributed by atoms with Gasteiger partial charge in [0.2, 0.25) is 17.7 Å². The Morgan fingerprint density at radius 2 is 1.97 bits per heavy atom. The second kappa shape index (κ2) is 12.2. The fraction of sp³-hybridized carbons (Fsp3) is 0.545. The third kappa shape index (κ3) is 8.89. The van der Waals surface area contributed by atoms with Gasteiger partial charge < -0.3 is 21.3 Å². The van der Waals surface area contributed by atoms with Crippen molar-refractivity contribution >= 4 is 40.9 Å². The van der Waals surface area contributed by atoms with E-state index < -0.39 is 11.3 Å². The third-order valence-electron chi connectivity index (χ3n) is 4.52. The number of thioether (sulfide) groups is 1. The van der Waals surface area contributed by atoms with Crippen LogP contribution in [0.2, 0.25) is 0 Å². The van der Waals surface area contributed by atoms with Crippen molar-refractivity contribution in [3.05, 3.63) is 24.3 Å². The Balaban J connectivity index is 0.000000703. The van der Waals surface area contributed by atoms with E-state index in [1.54, 1.807) is 17.8 Å². The molecule has 8 nitrogen and oxygen atoms in total. The SMILES string of the molecule is CCN1C(=O)C(CNc2cccc(NC(=O)C(C)(C)C)c2)SCC1C.N#CCC(N)=O. The molecule has 1 aromatic carbocycles. The van der Waals surface area contributed by atoms with Gasteiger partial charge in [-0.2, -0.15) is 5.26 Å². The lowest BCUT2D eigenvalue weighted by Gasteiger charge is -2.36.